The van der Waals surface area contributed by atoms with Crippen molar-refractivity contribution in [1.29, 1.82) is 5.41 Å². The third kappa shape index (κ3) is 3.03. The van der Waals surface area contributed by atoms with Crippen molar-refractivity contribution in [2.45, 2.75) is 13.8 Å². The van der Waals surface area contributed by atoms with Gasteiger partial charge in [0.05, 0.1) is 5.76 Å². The fraction of sp³-hybridized carbons (Fsp3) is 0.400. The maximum absolute atomic E-state index is 6.45. The van der Waals surface area contributed by atoms with Crippen molar-refractivity contribution >= 4 is 6.40 Å². The van der Waals surface area contributed by atoms with Crippen molar-refractivity contribution in [2.75, 3.05) is 0 Å². The van der Waals surface area contributed by atoms with Crippen LogP contribution in [0.4, 0.5) is 0 Å². The normalized spacial score (nSPS) is 10.9. The summed E-state index contributed by atoms with van der Waals surface area (Å²) in [5, 5.41) is 6.45. The second-order valence-corrected chi connectivity index (χ2v) is 1.14. The first-order valence-corrected chi connectivity index (χ1v) is 2.09. The zero-order chi connectivity index (χ0) is 5.70. The van der Waals surface area contributed by atoms with Crippen LogP contribution in [0.3, 0.4) is 0 Å². The van der Waals surface area contributed by atoms with Crippen LogP contribution >= 0.6 is 0 Å². The molecule has 0 heterocycles. The van der Waals surface area contributed by atoms with E-state index in [1.807, 2.05) is 6.92 Å². The van der Waals surface area contributed by atoms with Gasteiger partial charge in [-0.3, -0.25) is 5.41 Å². The highest BCUT2D eigenvalue weighted by molar-refractivity contribution is 5.43. The average molecular weight is 99.1 g/mol. The topological polar surface area (TPSA) is 33.1 Å². The van der Waals surface area contributed by atoms with Gasteiger partial charge in [0.25, 0.3) is 0 Å². The molecule has 0 spiro atoms. The van der Waals surface area contributed by atoms with Crippen molar-refractivity contribution in [3.05, 3.63) is 11.8 Å². The van der Waals surface area contributed by atoms with E-state index in [9.17, 15) is 0 Å². The van der Waals surface area contributed by atoms with E-state index in [4.69, 9.17) is 5.41 Å². The molecule has 0 atom stereocenters. The molecule has 0 fully saturated rings. The van der Waals surface area contributed by atoms with Crippen LogP contribution in [0.2, 0.25) is 0 Å². The molecular formula is C5H9NO. The molecule has 2 heteroatoms. The minimum atomic E-state index is 0.759. The fourth-order valence-corrected chi connectivity index (χ4v) is 0.161. The highest BCUT2D eigenvalue weighted by Crippen LogP contribution is 1.88. The number of nitrogens with one attached hydrogen (secondary N) is 1. The summed E-state index contributed by atoms with van der Waals surface area (Å²) in [6.45, 7) is 3.66. The standard InChI is InChI=1S/C5H9NO/c1-3-5(2)7-4-6/h3-4,6H,1-2H3/b5-3-,6-4?. The average Bonchev–Trinajstić information content (AvgIpc) is 1.68. The molecule has 0 aliphatic carbocycles. The Kier molecular flexibility index (Phi) is 3.02. The zero-order valence-corrected chi connectivity index (χ0v) is 4.56. The first-order chi connectivity index (χ1) is 3.31. The Morgan fingerprint density at radius 2 is 2.29 bits per heavy atom. The van der Waals surface area contributed by atoms with Crippen molar-refractivity contribution in [3.8, 4) is 0 Å². The van der Waals surface area contributed by atoms with Crippen LogP contribution in [-0.4, -0.2) is 6.40 Å². The quantitative estimate of drug-likeness (QED) is 0.318. The summed E-state index contributed by atoms with van der Waals surface area (Å²) < 4.78 is 4.59. The first-order valence-electron chi connectivity index (χ1n) is 2.09. The van der Waals surface area contributed by atoms with Gasteiger partial charge in [-0.25, -0.2) is 0 Å². The monoisotopic (exact) mass is 99.1 g/mol. The molecule has 0 unspecified atom stereocenters. The predicted molar refractivity (Wildman–Crippen MR) is 29.3 cm³/mol. The Morgan fingerprint density at radius 1 is 1.71 bits per heavy atom. The van der Waals surface area contributed by atoms with Gasteiger partial charge in [-0.15, -0.1) is 0 Å². The summed E-state index contributed by atoms with van der Waals surface area (Å²) in [5.41, 5.74) is 0. The molecular weight excluding hydrogens is 90.1 g/mol. The lowest BCUT2D eigenvalue weighted by Gasteiger charge is -1.91. The maximum atomic E-state index is 6.45. The van der Waals surface area contributed by atoms with Crippen molar-refractivity contribution < 1.29 is 4.74 Å². The lowest BCUT2D eigenvalue weighted by molar-refractivity contribution is 0.432. The van der Waals surface area contributed by atoms with Gasteiger partial charge < -0.3 is 4.74 Å². The van der Waals surface area contributed by atoms with Crippen LogP contribution in [0.1, 0.15) is 13.8 Å². The molecule has 2 nitrogen and oxygen atoms in total. The molecule has 0 saturated heterocycles. The first kappa shape index (κ1) is 6.21. The highest BCUT2D eigenvalue weighted by atomic mass is 16.5. The van der Waals surface area contributed by atoms with Crippen LogP contribution in [0.15, 0.2) is 11.8 Å². The SMILES string of the molecule is C/C=C(/C)OC=N. The molecule has 0 saturated carbocycles. The molecule has 40 valence electrons. The molecule has 1 N–H and O–H groups in total. The molecule has 0 bridgehead atoms. The molecule has 0 aliphatic heterocycles. The van der Waals surface area contributed by atoms with Gasteiger partial charge in [0.15, 0.2) is 6.40 Å². The molecule has 0 radical (unpaired) electrons. The third-order valence-electron chi connectivity index (χ3n) is 0.651. The molecule has 7 heavy (non-hydrogen) atoms. The summed E-state index contributed by atoms with van der Waals surface area (Å²) in [5.74, 6) is 0.759. The van der Waals surface area contributed by atoms with E-state index in [1.165, 1.54) is 0 Å². The minimum absolute atomic E-state index is 0.759. The molecule has 0 aromatic heterocycles. The molecule has 0 aromatic rings. The van der Waals surface area contributed by atoms with Gasteiger partial charge in [0.1, 0.15) is 0 Å². The van der Waals surface area contributed by atoms with Crippen molar-refractivity contribution in [2.24, 2.45) is 0 Å². The number of hydrogen-bond acceptors (Lipinski definition) is 2. The van der Waals surface area contributed by atoms with Gasteiger partial charge in [0, 0.05) is 0 Å². The number of hydrogen-bond donors (Lipinski definition) is 1. The van der Waals surface area contributed by atoms with Crippen LogP contribution in [-0.2, 0) is 4.74 Å². The summed E-state index contributed by atoms with van der Waals surface area (Å²) >= 11 is 0. The van der Waals surface area contributed by atoms with Gasteiger partial charge >= 0.3 is 0 Å². The minimum Gasteiger partial charge on any atom is -0.451 e. The van der Waals surface area contributed by atoms with E-state index in [0.29, 0.717) is 0 Å². The van der Waals surface area contributed by atoms with Crippen molar-refractivity contribution in [1.82, 2.24) is 0 Å². The highest BCUT2D eigenvalue weighted by Gasteiger charge is 1.76. The van der Waals surface area contributed by atoms with Gasteiger partial charge in [-0.2, -0.15) is 0 Å². The fourth-order valence-electron chi connectivity index (χ4n) is 0.161. The largest absolute Gasteiger partial charge is 0.451 e. The summed E-state index contributed by atoms with van der Waals surface area (Å²) in [4.78, 5) is 0. The van der Waals surface area contributed by atoms with Crippen LogP contribution in [0, 0.1) is 5.41 Å². The smallest absolute Gasteiger partial charge is 0.173 e. The number of allylic oxidation sites excluding steroid dienone is 2. The zero-order valence-electron chi connectivity index (χ0n) is 4.56. The lowest BCUT2D eigenvalue weighted by Crippen LogP contribution is -1.79. The summed E-state index contributed by atoms with van der Waals surface area (Å²) in [7, 11) is 0. The Balaban J connectivity index is 3.36. The van der Waals surface area contributed by atoms with E-state index in [1.54, 1.807) is 13.0 Å². The van der Waals surface area contributed by atoms with Crippen LogP contribution < -0.4 is 0 Å². The third-order valence-corrected chi connectivity index (χ3v) is 0.651. The second-order valence-electron chi connectivity index (χ2n) is 1.14. The van der Waals surface area contributed by atoms with E-state index in [2.05, 4.69) is 4.74 Å². The van der Waals surface area contributed by atoms with Gasteiger partial charge in [-0.1, -0.05) is 0 Å². The van der Waals surface area contributed by atoms with Crippen molar-refractivity contribution in [3.63, 3.8) is 0 Å². The number of rotatable bonds is 2. The Bertz CT molecular complexity index is 86.1. The van der Waals surface area contributed by atoms with E-state index in [0.717, 1.165) is 12.2 Å². The molecule has 0 amide bonds. The van der Waals surface area contributed by atoms with Crippen LogP contribution in [0.5, 0.6) is 0 Å². The Labute approximate surface area is 43.3 Å². The lowest BCUT2D eigenvalue weighted by atomic mass is 10.5. The Morgan fingerprint density at radius 3 is 2.43 bits per heavy atom. The van der Waals surface area contributed by atoms with E-state index >= 15 is 0 Å². The molecule has 0 aliphatic rings. The van der Waals surface area contributed by atoms with E-state index in [-0.39, 0.29) is 0 Å². The van der Waals surface area contributed by atoms with E-state index < -0.39 is 0 Å². The summed E-state index contributed by atoms with van der Waals surface area (Å²) in [6, 6.07) is 0. The second kappa shape index (κ2) is 3.40. The van der Waals surface area contributed by atoms with Gasteiger partial charge in [-0.05, 0) is 19.9 Å². The number of ether oxygens (including phenoxy) is 1. The summed E-state index contributed by atoms with van der Waals surface area (Å²) in [6.07, 6.45) is 2.71. The molecule has 0 rings (SSSR count). The molecule has 0 aromatic carbocycles. The predicted octanol–water partition coefficient (Wildman–Crippen LogP) is 1.53. The maximum Gasteiger partial charge on any atom is 0.173 e. The Hall–Kier alpha value is -0.790. The van der Waals surface area contributed by atoms with Crippen LogP contribution in [0.25, 0.3) is 0 Å². The van der Waals surface area contributed by atoms with Gasteiger partial charge in [0.2, 0.25) is 0 Å².